The Bertz CT molecular complexity index is 997. The Hall–Kier alpha value is -3.02. The van der Waals surface area contributed by atoms with Gasteiger partial charge in [0.1, 0.15) is 11.6 Å². The highest BCUT2D eigenvalue weighted by molar-refractivity contribution is 5.80. The molecule has 6 heteroatoms. The van der Waals surface area contributed by atoms with Crippen LogP contribution in [0.5, 0.6) is 0 Å². The van der Waals surface area contributed by atoms with Gasteiger partial charge in [-0.25, -0.2) is 9.97 Å². The smallest absolute Gasteiger partial charge is 0.177 e. The molecule has 120 valence electrons. The molecular formula is C18H17N5O. The number of fused-ring (bicyclic) bond motifs is 1. The summed E-state index contributed by atoms with van der Waals surface area (Å²) >= 11 is 0. The molecule has 0 aromatic carbocycles. The van der Waals surface area contributed by atoms with E-state index < -0.39 is 0 Å². The first-order valence-electron chi connectivity index (χ1n) is 7.78. The molecule has 0 saturated heterocycles. The quantitative estimate of drug-likeness (QED) is 0.578. The zero-order chi connectivity index (χ0) is 16.7. The lowest BCUT2D eigenvalue weighted by Gasteiger charge is -2.07. The van der Waals surface area contributed by atoms with Crippen LogP contribution < -0.4 is 0 Å². The van der Waals surface area contributed by atoms with Crippen molar-refractivity contribution in [2.75, 3.05) is 0 Å². The summed E-state index contributed by atoms with van der Waals surface area (Å²) in [4.78, 5) is 13.3. The van der Waals surface area contributed by atoms with Crippen LogP contribution in [0.2, 0.25) is 0 Å². The molecule has 0 aliphatic heterocycles. The van der Waals surface area contributed by atoms with Gasteiger partial charge in [0, 0.05) is 29.7 Å². The van der Waals surface area contributed by atoms with E-state index in [1.165, 1.54) is 0 Å². The average Bonchev–Trinajstić information content (AvgIpc) is 3.08. The highest BCUT2D eigenvalue weighted by Gasteiger charge is 2.15. The Morgan fingerprint density at radius 2 is 2.04 bits per heavy atom. The normalized spacial score (nSPS) is 11.3. The summed E-state index contributed by atoms with van der Waals surface area (Å²) in [5, 5.41) is 4.03. The summed E-state index contributed by atoms with van der Waals surface area (Å²) in [7, 11) is 0. The maximum absolute atomic E-state index is 5.28. The SMILES string of the molecule is Cc1noc(C)c1-c1cnc2nc(C)n(Cc3cccnc3)c2c1. The van der Waals surface area contributed by atoms with Crippen molar-refractivity contribution < 1.29 is 4.52 Å². The molecule has 4 rings (SSSR count). The Kier molecular flexibility index (Phi) is 3.37. The van der Waals surface area contributed by atoms with Crippen molar-refractivity contribution in [3.8, 4) is 11.1 Å². The number of aromatic nitrogens is 5. The Balaban J connectivity index is 1.85. The minimum atomic E-state index is 0.711. The molecule has 0 aliphatic rings. The lowest BCUT2D eigenvalue weighted by atomic mass is 10.1. The number of pyridine rings is 2. The molecule has 0 radical (unpaired) electrons. The average molecular weight is 319 g/mol. The highest BCUT2D eigenvalue weighted by Crippen LogP contribution is 2.29. The van der Waals surface area contributed by atoms with Crippen molar-refractivity contribution in [1.29, 1.82) is 0 Å². The van der Waals surface area contributed by atoms with Gasteiger partial charge >= 0.3 is 0 Å². The van der Waals surface area contributed by atoms with Crippen molar-refractivity contribution in [2.45, 2.75) is 27.3 Å². The molecule has 0 spiro atoms. The summed E-state index contributed by atoms with van der Waals surface area (Å²) in [6.07, 6.45) is 5.48. The molecule has 0 bridgehead atoms. The van der Waals surface area contributed by atoms with Crippen LogP contribution in [0.25, 0.3) is 22.3 Å². The fourth-order valence-electron chi connectivity index (χ4n) is 3.02. The van der Waals surface area contributed by atoms with E-state index in [9.17, 15) is 0 Å². The van der Waals surface area contributed by atoms with Crippen LogP contribution in [0.1, 0.15) is 22.8 Å². The summed E-state index contributed by atoms with van der Waals surface area (Å²) in [5.41, 5.74) is 5.72. The maximum Gasteiger partial charge on any atom is 0.177 e. The second-order valence-corrected chi connectivity index (χ2v) is 5.87. The minimum Gasteiger partial charge on any atom is -0.361 e. The number of hydrogen-bond donors (Lipinski definition) is 0. The standard InChI is InChI=1S/C18H17N5O/c1-11-17(12(2)24-22-11)15-7-16-18(20-9-15)21-13(3)23(16)10-14-5-4-6-19-8-14/h4-9H,10H2,1-3H3. The van der Waals surface area contributed by atoms with Gasteiger partial charge in [0.2, 0.25) is 0 Å². The Morgan fingerprint density at radius 3 is 2.75 bits per heavy atom. The van der Waals surface area contributed by atoms with Gasteiger partial charge in [-0.15, -0.1) is 0 Å². The van der Waals surface area contributed by atoms with Crippen LogP contribution in [0.15, 0.2) is 41.3 Å². The zero-order valence-electron chi connectivity index (χ0n) is 13.8. The molecule has 6 nitrogen and oxygen atoms in total. The van der Waals surface area contributed by atoms with Gasteiger partial charge in [-0.1, -0.05) is 11.2 Å². The predicted molar refractivity (Wildman–Crippen MR) is 90.6 cm³/mol. The molecule has 0 N–H and O–H groups in total. The van der Waals surface area contributed by atoms with Crippen LogP contribution in [0.4, 0.5) is 0 Å². The largest absolute Gasteiger partial charge is 0.361 e. The number of nitrogens with zero attached hydrogens (tertiary/aromatic N) is 5. The van der Waals surface area contributed by atoms with E-state index in [1.54, 1.807) is 6.20 Å². The zero-order valence-corrected chi connectivity index (χ0v) is 13.8. The van der Waals surface area contributed by atoms with Crippen molar-refractivity contribution in [3.63, 3.8) is 0 Å². The van der Waals surface area contributed by atoms with Gasteiger partial charge in [-0.3, -0.25) is 4.98 Å². The molecule has 0 unspecified atom stereocenters. The van der Waals surface area contributed by atoms with Crippen LogP contribution in [0.3, 0.4) is 0 Å². The second-order valence-electron chi connectivity index (χ2n) is 5.87. The maximum atomic E-state index is 5.28. The second kappa shape index (κ2) is 5.56. The van der Waals surface area contributed by atoms with Crippen molar-refractivity contribution in [3.05, 3.63) is 59.6 Å². The molecule has 0 amide bonds. The summed E-state index contributed by atoms with van der Waals surface area (Å²) in [5.74, 6) is 1.72. The van der Waals surface area contributed by atoms with Crippen molar-refractivity contribution >= 4 is 11.2 Å². The fraction of sp³-hybridized carbons (Fsp3) is 0.222. The molecule has 4 aromatic rings. The van der Waals surface area contributed by atoms with Gasteiger partial charge in [0.15, 0.2) is 5.65 Å². The van der Waals surface area contributed by atoms with Crippen LogP contribution in [-0.4, -0.2) is 24.7 Å². The van der Waals surface area contributed by atoms with E-state index in [0.29, 0.717) is 6.54 Å². The number of hydrogen-bond acceptors (Lipinski definition) is 5. The third kappa shape index (κ3) is 2.36. The summed E-state index contributed by atoms with van der Waals surface area (Å²) in [6, 6.07) is 6.10. The Labute approximate surface area is 139 Å². The third-order valence-corrected chi connectivity index (χ3v) is 4.18. The van der Waals surface area contributed by atoms with E-state index >= 15 is 0 Å². The molecular weight excluding hydrogens is 302 g/mol. The van der Waals surface area contributed by atoms with E-state index in [1.807, 2.05) is 39.2 Å². The lowest BCUT2D eigenvalue weighted by Crippen LogP contribution is -2.02. The van der Waals surface area contributed by atoms with Crippen LogP contribution in [-0.2, 0) is 6.54 Å². The number of imidazole rings is 1. The van der Waals surface area contributed by atoms with Crippen molar-refractivity contribution in [1.82, 2.24) is 24.7 Å². The molecule has 0 fully saturated rings. The lowest BCUT2D eigenvalue weighted by molar-refractivity contribution is 0.393. The Morgan fingerprint density at radius 1 is 1.17 bits per heavy atom. The van der Waals surface area contributed by atoms with Gasteiger partial charge in [0.05, 0.1) is 17.8 Å². The number of rotatable bonds is 3. The van der Waals surface area contributed by atoms with E-state index in [4.69, 9.17) is 4.52 Å². The third-order valence-electron chi connectivity index (χ3n) is 4.18. The molecule has 0 atom stereocenters. The van der Waals surface area contributed by atoms with Crippen molar-refractivity contribution in [2.24, 2.45) is 0 Å². The van der Waals surface area contributed by atoms with Crippen LogP contribution >= 0.6 is 0 Å². The monoisotopic (exact) mass is 319 g/mol. The first kappa shape index (κ1) is 14.6. The van der Waals surface area contributed by atoms with E-state index in [2.05, 4.69) is 36.8 Å². The molecule has 4 heterocycles. The summed E-state index contributed by atoms with van der Waals surface area (Å²) in [6.45, 7) is 6.56. The molecule has 0 saturated carbocycles. The molecule has 4 aromatic heterocycles. The molecule has 24 heavy (non-hydrogen) atoms. The van der Waals surface area contributed by atoms with E-state index in [-0.39, 0.29) is 0 Å². The number of aryl methyl sites for hydroxylation is 3. The van der Waals surface area contributed by atoms with Gasteiger partial charge in [-0.05, 0) is 38.5 Å². The minimum absolute atomic E-state index is 0.711. The van der Waals surface area contributed by atoms with Gasteiger partial charge in [0.25, 0.3) is 0 Å². The summed E-state index contributed by atoms with van der Waals surface area (Å²) < 4.78 is 7.44. The fourth-order valence-corrected chi connectivity index (χ4v) is 3.02. The first-order chi connectivity index (χ1) is 11.6. The predicted octanol–water partition coefficient (Wildman–Crippen LogP) is 3.45. The first-order valence-corrected chi connectivity index (χ1v) is 7.78. The topological polar surface area (TPSA) is 69.6 Å². The highest BCUT2D eigenvalue weighted by atomic mass is 16.5. The molecule has 0 aliphatic carbocycles. The van der Waals surface area contributed by atoms with Gasteiger partial charge < -0.3 is 9.09 Å². The van der Waals surface area contributed by atoms with Crippen LogP contribution in [0, 0.1) is 20.8 Å². The van der Waals surface area contributed by atoms with E-state index in [0.717, 1.165) is 45.1 Å². The van der Waals surface area contributed by atoms with Gasteiger partial charge in [-0.2, -0.15) is 0 Å².